The van der Waals surface area contributed by atoms with Crippen LogP contribution in [0.25, 0.3) is 0 Å². The van der Waals surface area contributed by atoms with Gasteiger partial charge in [0.05, 0.1) is 14.2 Å². The van der Waals surface area contributed by atoms with Crippen LogP contribution in [0.2, 0.25) is 0 Å². The summed E-state index contributed by atoms with van der Waals surface area (Å²) in [6.07, 6.45) is 5.51. The summed E-state index contributed by atoms with van der Waals surface area (Å²) in [5.74, 6) is 2.33. The maximum absolute atomic E-state index is 12.3. The van der Waals surface area contributed by atoms with Crippen LogP contribution in [0.4, 0.5) is 0 Å². The minimum Gasteiger partial charge on any atom is -0.497 e. The molecule has 23 heavy (non-hydrogen) atoms. The highest BCUT2D eigenvalue weighted by atomic mass is 16.5. The standard InChI is InChI=1S/C17H21N3O3/c1-20-7-6-18-16(20)15(19-17(21)11-4-5-11)12-8-13(22-2)10-14(9-12)23-3/h6-11,15H,4-5H2,1-3H3,(H,19,21)/t15-/m0/s1. The second kappa shape index (κ2) is 6.32. The lowest BCUT2D eigenvalue weighted by atomic mass is 10.0. The highest BCUT2D eigenvalue weighted by Crippen LogP contribution is 2.33. The van der Waals surface area contributed by atoms with E-state index in [1.54, 1.807) is 20.4 Å². The molecule has 0 radical (unpaired) electrons. The van der Waals surface area contributed by atoms with Crippen molar-refractivity contribution in [1.82, 2.24) is 14.9 Å². The Morgan fingerprint density at radius 1 is 1.26 bits per heavy atom. The zero-order valence-corrected chi connectivity index (χ0v) is 13.6. The van der Waals surface area contributed by atoms with Crippen LogP contribution in [0, 0.1) is 5.92 Å². The predicted octanol–water partition coefficient (Wildman–Crippen LogP) is 2.05. The second-order valence-electron chi connectivity index (χ2n) is 5.76. The highest BCUT2D eigenvalue weighted by molar-refractivity contribution is 5.81. The fraction of sp³-hybridized carbons (Fsp3) is 0.412. The van der Waals surface area contributed by atoms with Crippen molar-refractivity contribution in [2.75, 3.05) is 14.2 Å². The molecule has 0 aliphatic heterocycles. The van der Waals surface area contributed by atoms with Crippen LogP contribution in [0.3, 0.4) is 0 Å². The number of nitrogens with zero attached hydrogens (tertiary/aromatic N) is 2. The van der Waals surface area contributed by atoms with E-state index in [9.17, 15) is 4.79 Å². The summed E-state index contributed by atoms with van der Waals surface area (Å²) in [5, 5.41) is 3.11. The van der Waals surface area contributed by atoms with Gasteiger partial charge < -0.3 is 19.4 Å². The van der Waals surface area contributed by atoms with Crippen LogP contribution < -0.4 is 14.8 Å². The van der Waals surface area contributed by atoms with Crippen LogP contribution in [-0.4, -0.2) is 29.7 Å². The minimum absolute atomic E-state index is 0.0692. The number of aryl methyl sites for hydroxylation is 1. The first-order chi connectivity index (χ1) is 11.1. The molecule has 1 amide bonds. The van der Waals surface area contributed by atoms with Crippen molar-refractivity contribution in [3.63, 3.8) is 0 Å². The summed E-state index contributed by atoms with van der Waals surface area (Å²) < 4.78 is 12.6. The van der Waals surface area contributed by atoms with Crippen LogP contribution >= 0.6 is 0 Å². The summed E-state index contributed by atoms with van der Waals surface area (Å²) in [6.45, 7) is 0. The molecule has 0 saturated heterocycles. The van der Waals surface area contributed by atoms with Gasteiger partial charge in [-0.3, -0.25) is 4.79 Å². The van der Waals surface area contributed by atoms with Gasteiger partial charge in [-0.1, -0.05) is 0 Å². The SMILES string of the molecule is COc1cc(OC)cc([C@H](NC(=O)C2CC2)c2nccn2C)c1. The smallest absolute Gasteiger partial charge is 0.223 e. The maximum Gasteiger partial charge on any atom is 0.223 e. The number of hydrogen-bond donors (Lipinski definition) is 1. The van der Waals surface area contributed by atoms with Gasteiger partial charge >= 0.3 is 0 Å². The van der Waals surface area contributed by atoms with Gasteiger partial charge in [-0.25, -0.2) is 4.98 Å². The van der Waals surface area contributed by atoms with E-state index in [1.807, 2.05) is 36.0 Å². The summed E-state index contributed by atoms with van der Waals surface area (Å²) in [7, 11) is 5.13. The van der Waals surface area contributed by atoms with E-state index >= 15 is 0 Å². The second-order valence-corrected chi connectivity index (χ2v) is 5.76. The molecule has 2 aromatic rings. The Balaban J connectivity index is 2.00. The van der Waals surface area contributed by atoms with Gasteiger partial charge in [0, 0.05) is 31.4 Å². The molecule has 1 fully saturated rings. The monoisotopic (exact) mass is 315 g/mol. The van der Waals surface area contributed by atoms with Gasteiger partial charge in [0.1, 0.15) is 23.4 Å². The first kappa shape index (κ1) is 15.4. The molecule has 0 bridgehead atoms. The first-order valence-corrected chi connectivity index (χ1v) is 7.63. The van der Waals surface area contributed by atoms with Crippen LogP contribution in [0.1, 0.15) is 30.3 Å². The van der Waals surface area contributed by atoms with E-state index in [-0.39, 0.29) is 17.9 Å². The predicted molar refractivity (Wildman–Crippen MR) is 85.5 cm³/mol. The van der Waals surface area contributed by atoms with E-state index in [0.29, 0.717) is 11.5 Å². The molecule has 1 saturated carbocycles. The molecule has 122 valence electrons. The molecule has 1 aliphatic carbocycles. The van der Waals surface area contributed by atoms with Gasteiger partial charge in [-0.15, -0.1) is 0 Å². The molecule has 1 atom stereocenters. The number of aromatic nitrogens is 2. The largest absolute Gasteiger partial charge is 0.497 e. The average Bonchev–Trinajstić information content (AvgIpc) is 3.34. The van der Waals surface area contributed by atoms with Crippen molar-refractivity contribution in [1.29, 1.82) is 0 Å². The number of amides is 1. The van der Waals surface area contributed by atoms with Gasteiger partial charge in [-0.2, -0.15) is 0 Å². The molecule has 3 rings (SSSR count). The lowest BCUT2D eigenvalue weighted by molar-refractivity contribution is -0.122. The molecule has 0 unspecified atom stereocenters. The van der Waals surface area contributed by atoms with Gasteiger partial charge in [0.25, 0.3) is 0 Å². The van der Waals surface area contributed by atoms with E-state index < -0.39 is 0 Å². The minimum atomic E-state index is -0.341. The van der Waals surface area contributed by atoms with Crippen LogP contribution in [0.5, 0.6) is 11.5 Å². The molecular formula is C17H21N3O3. The van der Waals surface area contributed by atoms with E-state index in [1.165, 1.54) is 0 Å². The number of methoxy groups -OCH3 is 2. The fourth-order valence-electron chi connectivity index (χ4n) is 2.55. The molecule has 6 nitrogen and oxygen atoms in total. The van der Waals surface area contributed by atoms with Crippen molar-refractivity contribution < 1.29 is 14.3 Å². The first-order valence-electron chi connectivity index (χ1n) is 7.63. The summed E-state index contributed by atoms with van der Waals surface area (Å²) in [4.78, 5) is 16.7. The van der Waals surface area contributed by atoms with Gasteiger partial charge in [0.2, 0.25) is 5.91 Å². The normalized spacial score (nSPS) is 15.1. The van der Waals surface area contributed by atoms with Crippen molar-refractivity contribution in [3.8, 4) is 11.5 Å². The number of carbonyl (C=O) groups is 1. The highest BCUT2D eigenvalue weighted by Gasteiger charge is 2.32. The van der Waals surface area contributed by atoms with Crippen molar-refractivity contribution in [2.45, 2.75) is 18.9 Å². The number of rotatable bonds is 6. The van der Waals surface area contributed by atoms with Crippen molar-refractivity contribution >= 4 is 5.91 Å². The molecule has 1 aliphatic rings. The third kappa shape index (κ3) is 3.31. The molecule has 1 aromatic heterocycles. The number of ether oxygens (including phenoxy) is 2. The summed E-state index contributed by atoms with van der Waals surface area (Å²) in [5.41, 5.74) is 0.879. The molecule has 1 heterocycles. The van der Waals surface area contributed by atoms with Crippen molar-refractivity contribution in [3.05, 3.63) is 42.0 Å². The lowest BCUT2D eigenvalue weighted by Crippen LogP contribution is -2.32. The molecular weight excluding hydrogens is 294 g/mol. The number of benzene rings is 1. The Morgan fingerprint density at radius 3 is 2.39 bits per heavy atom. The third-order valence-electron chi connectivity index (χ3n) is 4.06. The molecule has 1 N–H and O–H groups in total. The number of hydrogen-bond acceptors (Lipinski definition) is 4. The zero-order valence-electron chi connectivity index (χ0n) is 13.6. The van der Waals surface area contributed by atoms with Gasteiger partial charge in [-0.05, 0) is 30.5 Å². The third-order valence-corrected chi connectivity index (χ3v) is 4.06. The maximum atomic E-state index is 12.3. The van der Waals surface area contributed by atoms with E-state index in [4.69, 9.17) is 9.47 Å². The molecule has 6 heteroatoms. The molecule has 1 aromatic carbocycles. The Kier molecular flexibility index (Phi) is 4.23. The number of imidazole rings is 1. The fourth-order valence-corrected chi connectivity index (χ4v) is 2.55. The summed E-state index contributed by atoms with van der Waals surface area (Å²) in [6, 6.07) is 5.26. The Hall–Kier alpha value is -2.50. The van der Waals surface area contributed by atoms with E-state index in [2.05, 4.69) is 10.3 Å². The van der Waals surface area contributed by atoms with Crippen LogP contribution in [0.15, 0.2) is 30.6 Å². The topological polar surface area (TPSA) is 65.4 Å². The Labute approximate surface area is 135 Å². The Morgan fingerprint density at radius 2 is 1.91 bits per heavy atom. The van der Waals surface area contributed by atoms with Gasteiger partial charge in [0.15, 0.2) is 0 Å². The zero-order chi connectivity index (χ0) is 16.4. The van der Waals surface area contributed by atoms with Crippen LogP contribution in [-0.2, 0) is 11.8 Å². The van der Waals surface area contributed by atoms with Crippen molar-refractivity contribution in [2.24, 2.45) is 13.0 Å². The van der Waals surface area contributed by atoms with E-state index in [0.717, 1.165) is 24.2 Å². The number of nitrogens with one attached hydrogen (secondary N) is 1. The molecule has 0 spiro atoms. The summed E-state index contributed by atoms with van der Waals surface area (Å²) >= 11 is 0. The Bertz CT molecular complexity index is 685. The quantitative estimate of drug-likeness (QED) is 0.886. The lowest BCUT2D eigenvalue weighted by Gasteiger charge is -2.20. The number of carbonyl (C=O) groups excluding carboxylic acids is 1. The average molecular weight is 315 g/mol.